The van der Waals surface area contributed by atoms with Gasteiger partial charge in [0, 0.05) is 0 Å². The summed E-state index contributed by atoms with van der Waals surface area (Å²) in [6.45, 7) is 1.78. The second-order valence-corrected chi connectivity index (χ2v) is 5.23. The van der Waals surface area contributed by atoms with Crippen LogP contribution in [0.5, 0.6) is 0 Å². The Balaban J connectivity index is 2.90. The summed E-state index contributed by atoms with van der Waals surface area (Å²) in [5.41, 5.74) is 5.78. The SMILES string of the molecule is CCCS(=O)(=O)Nc1[nH]ncc1C(N)=S. The summed E-state index contributed by atoms with van der Waals surface area (Å²) in [7, 11) is -3.35. The summed E-state index contributed by atoms with van der Waals surface area (Å²) >= 11 is 4.74. The van der Waals surface area contributed by atoms with Crippen molar-refractivity contribution < 1.29 is 8.42 Å². The molecule has 0 fully saturated rings. The van der Waals surface area contributed by atoms with E-state index in [2.05, 4.69) is 14.9 Å². The summed E-state index contributed by atoms with van der Waals surface area (Å²) in [4.78, 5) is 0.0953. The number of thiocarbonyl (C=S) groups is 1. The van der Waals surface area contributed by atoms with Crippen molar-refractivity contribution in [2.75, 3.05) is 10.5 Å². The molecule has 0 radical (unpaired) electrons. The molecule has 84 valence electrons. The van der Waals surface area contributed by atoms with Crippen LogP contribution in [0.3, 0.4) is 0 Å². The number of aromatic nitrogens is 2. The first-order valence-corrected chi connectivity index (χ1v) is 6.36. The van der Waals surface area contributed by atoms with Crippen LogP contribution in [0, 0.1) is 0 Å². The minimum atomic E-state index is -3.35. The van der Waals surface area contributed by atoms with Crippen LogP contribution in [0.25, 0.3) is 0 Å². The zero-order valence-electron chi connectivity index (χ0n) is 8.15. The number of hydrogen-bond donors (Lipinski definition) is 3. The monoisotopic (exact) mass is 248 g/mol. The number of nitrogens with zero attached hydrogens (tertiary/aromatic N) is 1. The highest BCUT2D eigenvalue weighted by Gasteiger charge is 2.14. The quantitative estimate of drug-likeness (QED) is 0.646. The molecule has 0 aliphatic rings. The lowest BCUT2D eigenvalue weighted by Crippen LogP contribution is -2.19. The molecule has 0 aliphatic heterocycles. The first kappa shape index (κ1) is 11.9. The van der Waals surface area contributed by atoms with Crippen molar-refractivity contribution in [2.24, 2.45) is 5.73 Å². The molecule has 0 spiro atoms. The number of aromatic amines is 1. The van der Waals surface area contributed by atoms with Crippen LogP contribution in [-0.4, -0.2) is 29.4 Å². The molecule has 0 amide bonds. The minimum Gasteiger partial charge on any atom is -0.389 e. The Kier molecular flexibility index (Phi) is 3.64. The maximum Gasteiger partial charge on any atom is 0.233 e. The molecular weight excluding hydrogens is 236 g/mol. The summed E-state index contributed by atoms with van der Waals surface area (Å²) in [5, 5.41) is 6.16. The number of rotatable bonds is 5. The van der Waals surface area contributed by atoms with Crippen LogP contribution in [0.15, 0.2) is 6.20 Å². The van der Waals surface area contributed by atoms with Crippen LogP contribution >= 0.6 is 12.2 Å². The Bertz CT molecular complexity index is 451. The Morgan fingerprint density at radius 2 is 2.40 bits per heavy atom. The van der Waals surface area contributed by atoms with Gasteiger partial charge in [-0.25, -0.2) is 8.42 Å². The number of hydrogen-bond acceptors (Lipinski definition) is 4. The van der Waals surface area contributed by atoms with E-state index < -0.39 is 10.0 Å². The third-order valence-corrected chi connectivity index (χ3v) is 3.32. The average molecular weight is 248 g/mol. The Hall–Kier alpha value is -1.15. The number of anilines is 1. The summed E-state index contributed by atoms with van der Waals surface area (Å²) in [6, 6.07) is 0. The van der Waals surface area contributed by atoms with E-state index in [0.717, 1.165) is 0 Å². The van der Waals surface area contributed by atoms with Crippen LogP contribution in [-0.2, 0) is 10.0 Å². The summed E-state index contributed by atoms with van der Waals surface area (Å²) < 4.78 is 25.2. The maximum absolute atomic E-state index is 11.4. The Morgan fingerprint density at radius 1 is 1.73 bits per heavy atom. The smallest absolute Gasteiger partial charge is 0.233 e. The van der Waals surface area contributed by atoms with Crippen LogP contribution in [0.4, 0.5) is 5.82 Å². The molecule has 1 aromatic heterocycles. The lowest BCUT2D eigenvalue weighted by atomic mass is 10.3. The van der Waals surface area contributed by atoms with Gasteiger partial charge in [0.05, 0.1) is 17.5 Å². The summed E-state index contributed by atoms with van der Waals surface area (Å²) in [6.07, 6.45) is 1.91. The molecule has 6 nitrogen and oxygen atoms in total. The standard InChI is InChI=1S/C7H12N4O2S2/c1-2-3-15(12,13)11-7-5(6(8)14)4-9-10-7/h4H,2-3H2,1H3,(H2,8,14)(H2,9,10,11). The fourth-order valence-electron chi connectivity index (χ4n) is 1.03. The van der Waals surface area contributed by atoms with E-state index in [4.69, 9.17) is 18.0 Å². The van der Waals surface area contributed by atoms with Crippen molar-refractivity contribution in [1.29, 1.82) is 0 Å². The third-order valence-electron chi connectivity index (χ3n) is 1.64. The average Bonchev–Trinajstić information content (AvgIpc) is 2.50. The third kappa shape index (κ3) is 3.17. The predicted octanol–water partition coefficient (Wildman–Crippen LogP) is 0.196. The van der Waals surface area contributed by atoms with Crippen molar-refractivity contribution in [3.8, 4) is 0 Å². The number of nitrogens with one attached hydrogen (secondary N) is 2. The van der Waals surface area contributed by atoms with Crippen LogP contribution < -0.4 is 10.5 Å². The molecule has 8 heteroatoms. The van der Waals surface area contributed by atoms with Gasteiger partial charge in [0.15, 0.2) is 0 Å². The topological polar surface area (TPSA) is 101 Å². The second kappa shape index (κ2) is 4.58. The highest BCUT2D eigenvalue weighted by atomic mass is 32.2. The Labute approximate surface area is 93.3 Å². The van der Waals surface area contributed by atoms with Gasteiger partial charge in [-0.1, -0.05) is 19.1 Å². The molecule has 0 aromatic carbocycles. The predicted molar refractivity (Wildman–Crippen MR) is 62.2 cm³/mol. The highest BCUT2D eigenvalue weighted by Crippen LogP contribution is 2.12. The lowest BCUT2D eigenvalue weighted by Gasteiger charge is -2.05. The second-order valence-electron chi connectivity index (χ2n) is 2.94. The molecule has 15 heavy (non-hydrogen) atoms. The molecule has 4 N–H and O–H groups in total. The van der Waals surface area contributed by atoms with E-state index >= 15 is 0 Å². The van der Waals surface area contributed by atoms with Gasteiger partial charge in [0.1, 0.15) is 10.8 Å². The number of nitrogens with two attached hydrogens (primary N) is 1. The molecule has 1 aromatic rings. The largest absolute Gasteiger partial charge is 0.389 e. The molecule has 0 unspecified atom stereocenters. The van der Waals surface area contributed by atoms with E-state index in [1.54, 1.807) is 6.92 Å². The maximum atomic E-state index is 11.4. The normalized spacial score (nSPS) is 11.3. The molecule has 0 saturated heterocycles. The first-order valence-electron chi connectivity index (χ1n) is 4.30. The number of sulfonamides is 1. The number of H-pyrrole nitrogens is 1. The van der Waals surface area contributed by atoms with Gasteiger partial charge in [-0.3, -0.25) is 9.82 Å². The fourth-order valence-corrected chi connectivity index (χ4v) is 2.29. The summed E-state index contributed by atoms with van der Waals surface area (Å²) in [5.74, 6) is 0.263. The molecule has 0 bridgehead atoms. The molecule has 1 heterocycles. The van der Waals surface area contributed by atoms with E-state index in [1.165, 1.54) is 6.20 Å². The highest BCUT2D eigenvalue weighted by molar-refractivity contribution is 7.92. The van der Waals surface area contributed by atoms with Crippen molar-refractivity contribution in [2.45, 2.75) is 13.3 Å². The van der Waals surface area contributed by atoms with Gasteiger partial charge >= 0.3 is 0 Å². The van der Waals surface area contributed by atoms with Gasteiger partial charge in [0.2, 0.25) is 10.0 Å². The molecular formula is C7H12N4O2S2. The van der Waals surface area contributed by atoms with Gasteiger partial charge in [0.25, 0.3) is 0 Å². The van der Waals surface area contributed by atoms with Crippen LogP contribution in [0.1, 0.15) is 18.9 Å². The minimum absolute atomic E-state index is 0.0444. The van der Waals surface area contributed by atoms with Gasteiger partial charge in [-0.05, 0) is 6.42 Å². The fraction of sp³-hybridized carbons (Fsp3) is 0.429. The van der Waals surface area contributed by atoms with Crippen LogP contribution in [0.2, 0.25) is 0 Å². The van der Waals surface area contributed by atoms with Gasteiger partial charge in [-0.2, -0.15) is 5.10 Å². The van der Waals surface area contributed by atoms with Gasteiger partial charge < -0.3 is 5.73 Å². The van der Waals surface area contributed by atoms with E-state index in [-0.39, 0.29) is 16.6 Å². The molecule has 0 atom stereocenters. The van der Waals surface area contributed by atoms with E-state index in [0.29, 0.717) is 12.0 Å². The Morgan fingerprint density at radius 3 is 2.93 bits per heavy atom. The van der Waals surface area contributed by atoms with E-state index in [1.807, 2.05) is 0 Å². The van der Waals surface area contributed by atoms with Gasteiger partial charge in [-0.15, -0.1) is 0 Å². The van der Waals surface area contributed by atoms with E-state index in [9.17, 15) is 8.42 Å². The van der Waals surface area contributed by atoms with Crippen molar-refractivity contribution >= 4 is 33.0 Å². The zero-order valence-corrected chi connectivity index (χ0v) is 9.78. The molecule has 0 aliphatic carbocycles. The molecule has 1 rings (SSSR count). The first-order chi connectivity index (χ1) is 6.96. The lowest BCUT2D eigenvalue weighted by molar-refractivity contribution is 0.599. The zero-order chi connectivity index (χ0) is 11.5. The van der Waals surface area contributed by atoms with Crippen molar-refractivity contribution in [3.05, 3.63) is 11.8 Å². The van der Waals surface area contributed by atoms with Crippen molar-refractivity contribution in [1.82, 2.24) is 10.2 Å². The van der Waals surface area contributed by atoms with Crippen molar-refractivity contribution in [3.63, 3.8) is 0 Å². The molecule has 0 saturated carbocycles.